The summed E-state index contributed by atoms with van der Waals surface area (Å²) in [5, 5.41) is 83.4. The summed E-state index contributed by atoms with van der Waals surface area (Å²) in [5.74, 6) is 3.43. The maximum atomic E-state index is 14.4. The highest BCUT2D eigenvalue weighted by Gasteiger charge is 2.62. The van der Waals surface area contributed by atoms with Gasteiger partial charge in [-0.3, -0.25) is 38.5 Å². The van der Waals surface area contributed by atoms with Crippen molar-refractivity contribution in [2.75, 3.05) is 121 Å². The molecule has 11 N–H and O–H groups in total. The largest absolute Gasteiger partial charge is 0.496 e. The Balaban J connectivity index is 0.000000209. The first-order valence-corrected chi connectivity index (χ1v) is 51.8. The summed E-state index contributed by atoms with van der Waals surface area (Å²) in [4.78, 5) is 106. The minimum Gasteiger partial charge on any atom is -0.496 e. The van der Waals surface area contributed by atoms with E-state index in [1.165, 1.54) is 19.3 Å². The van der Waals surface area contributed by atoms with E-state index in [1.54, 1.807) is 69.4 Å². The standard InChI is InChI=1S/C42H62N4O8.C37H52N4O8.C33H47N3O5.3CH4/c1-24(2)16-31(21-45(7)8)43-40(50)28-13-10-12-27(17-28)32-15-11-14-29(39(32)52-9)20-46-38(37(26(4)47)35(54-46)22-53-23-36(48)49)41(51)44-34-19-30-18-33(25(34)3)42(30,5)6;1-20-27-15-24(37(27,3)4)16-28(20)39-36(45)32-31(21(2)43)30(18-42)49-41(32)17-22-9-8-10-25(33(22)46-7)23-13-26(34-29(14-23)47-19-48-34)35(44)38-11-12-40(5)6;1-19-26-15-23(33(26,3)4)16-27(19)34-32(39)30-29(20(2)38)28(18-37)41-36(30)17-22-11-9-13-25(31(22)40-7)21-10-8-12-24(14-21)35(5)6;;;/h10-15,17,24-26,30-31,33-35,37-38,47H,16,18-23H2,1-9H3,(H,43,50)(H,44,51)(H,48,49);8-10,13-14,20-21,24,27-28,30-32,42-43H,11-12,15-19H2,1-7H3,(H,38,44)(H,39,45);8-14,19-20,23,26-30,37-38H,15-18H2,1-7H3,(H,34,39);3*1H4/t25-,26-,30+,31+,33-,34-,35-,37-,38-;20-,21-,24+,27-,28-,30-,31+,32-;19-,20-,23+,26-,27-,28-,29+,30-;;;/m000.../s1. The zero-order valence-electron chi connectivity index (χ0n) is 88.7. The van der Waals surface area contributed by atoms with Gasteiger partial charge in [0.05, 0.1) is 84.7 Å². The molecule has 0 aromatic heterocycles. The summed E-state index contributed by atoms with van der Waals surface area (Å²) in [6, 6.07) is 34.3. The molecule has 0 spiro atoms. The first-order valence-electron chi connectivity index (χ1n) is 51.8. The van der Waals surface area contributed by atoms with Crippen LogP contribution < -0.4 is 55.2 Å². The maximum Gasteiger partial charge on any atom is 0.329 e. The number of carboxylic acids is 1. The normalized spacial score (nSPS) is 28.4. The number of likely N-dealkylation sites (N-methyl/N-ethyl adjacent to an activating group) is 2. The number of amides is 5. The summed E-state index contributed by atoms with van der Waals surface area (Å²) in [5.41, 5.74) is 10.1. The minimum absolute atomic E-state index is 0. The van der Waals surface area contributed by atoms with E-state index in [2.05, 4.69) is 131 Å². The lowest BCUT2D eigenvalue weighted by Gasteiger charge is -2.62. The Kier molecular flexibility index (Phi) is 39.7. The average Bonchev–Trinajstić information content (AvgIpc) is 1.40. The van der Waals surface area contributed by atoms with Crippen molar-refractivity contribution < 1.29 is 102 Å². The molecule has 9 saturated carbocycles. The highest BCUT2D eigenvalue weighted by Crippen LogP contribution is 2.64. The maximum absolute atomic E-state index is 14.4. The monoisotopic (exact) mass is 2040 g/mol. The van der Waals surface area contributed by atoms with Crippen molar-refractivity contribution in [3.05, 3.63) is 143 Å². The van der Waals surface area contributed by atoms with Crippen LogP contribution in [-0.2, 0) is 58.1 Å². The Hall–Kier alpha value is -9.62. The third kappa shape index (κ3) is 25.2. The molecule has 147 heavy (non-hydrogen) atoms. The van der Waals surface area contributed by atoms with Crippen LogP contribution in [0.2, 0.25) is 0 Å². The Labute approximate surface area is 872 Å². The fourth-order valence-electron chi connectivity index (χ4n) is 25.8. The molecule has 32 heteroatoms. The molecule has 4 aliphatic heterocycles. The number of fused-ring (bicyclic) bond motifs is 7. The van der Waals surface area contributed by atoms with Gasteiger partial charge in [-0.25, -0.2) is 4.79 Å². The predicted octanol–water partition coefficient (Wildman–Crippen LogP) is 13.9. The third-order valence-corrected chi connectivity index (χ3v) is 34.1. The lowest BCUT2D eigenvalue weighted by atomic mass is 9.45. The van der Waals surface area contributed by atoms with Gasteiger partial charge in [-0.2, -0.15) is 15.2 Å². The highest BCUT2D eigenvalue weighted by atomic mass is 16.7. The molecule has 0 unspecified atom stereocenters. The van der Waals surface area contributed by atoms with Crippen LogP contribution in [0.5, 0.6) is 28.7 Å². The smallest absolute Gasteiger partial charge is 0.329 e. The van der Waals surface area contributed by atoms with Gasteiger partial charge in [0.25, 0.3) is 11.8 Å². The second kappa shape index (κ2) is 49.6. The van der Waals surface area contributed by atoms with E-state index >= 15 is 0 Å². The van der Waals surface area contributed by atoms with Crippen molar-refractivity contribution in [2.45, 2.75) is 263 Å². The van der Waals surface area contributed by atoms with Gasteiger partial charge in [0.1, 0.15) is 60.3 Å². The number of benzene rings is 6. The van der Waals surface area contributed by atoms with Crippen molar-refractivity contribution in [3.8, 4) is 62.1 Å². The van der Waals surface area contributed by atoms with Crippen molar-refractivity contribution in [2.24, 2.45) is 93.2 Å². The van der Waals surface area contributed by atoms with Gasteiger partial charge >= 0.3 is 5.97 Å². The molecule has 0 radical (unpaired) electrons. The first-order chi connectivity index (χ1) is 68.3. The lowest BCUT2D eigenvalue weighted by molar-refractivity contribution is -0.187. The molecule has 13 aliphatic rings. The molecule has 32 nitrogen and oxygen atoms in total. The number of hydrogen-bond acceptors (Lipinski definition) is 26. The number of aliphatic hydroxyl groups excluding tert-OH is 5. The van der Waals surface area contributed by atoms with Gasteiger partial charge in [-0.05, 0) is 222 Å². The molecule has 25 atom stereocenters. The number of carbonyl (C=O) groups excluding carboxylic acids is 5. The molecule has 19 rings (SSSR count). The molecule has 6 aromatic carbocycles. The fourth-order valence-corrected chi connectivity index (χ4v) is 25.8. The van der Waals surface area contributed by atoms with E-state index in [9.17, 15) is 59.4 Å². The zero-order valence-corrected chi connectivity index (χ0v) is 88.7. The Morgan fingerprint density at radius 2 is 0.891 bits per heavy atom. The molecular formula is C115H173N11O21. The molecule has 814 valence electrons. The second-order valence-corrected chi connectivity index (χ2v) is 45.3. The third-order valence-electron chi connectivity index (χ3n) is 34.1. The quantitative estimate of drug-likeness (QED) is 0.0171. The highest BCUT2D eigenvalue weighted by molar-refractivity contribution is 6.00. The van der Waals surface area contributed by atoms with Crippen LogP contribution in [0, 0.1) is 93.2 Å². The number of nitrogens with zero attached hydrogens (tertiary/aromatic N) is 6. The number of anilines is 1. The Morgan fingerprint density at radius 3 is 1.27 bits per heavy atom. The molecule has 3 saturated heterocycles. The van der Waals surface area contributed by atoms with Crippen LogP contribution in [0.25, 0.3) is 33.4 Å². The van der Waals surface area contributed by atoms with Crippen LogP contribution in [-0.4, -0.2) is 287 Å². The van der Waals surface area contributed by atoms with E-state index in [-0.39, 0.29) is 133 Å². The minimum atomic E-state index is -1.12. The number of para-hydroxylation sites is 3. The fraction of sp³-hybridized carbons (Fsp3) is 0.635. The molecule has 4 heterocycles. The number of methoxy groups -OCH3 is 3. The number of aliphatic hydroxyl groups is 5. The topological polar surface area (TPSA) is 386 Å². The van der Waals surface area contributed by atoms with Crippen LogP contribution in [0.1, 0.15) is 202 Å². The number of ether oxygens (including phenoxy) is 6. The summed E-state index contributed by atoms with van der Waals surface area (Å²) < 4.78 is 34.8. The number of aliphatic carboxylic acids is 1. The van der Waals surface area contributed by atoms with Crippen molar-refractivity contribution in [1.82, 2.24) is 51.6 Å². The molecular weight excluding hydrogens is 1870 g/mol. The number of hydroxylamine groups is 6. The van der Waals surface area contributed by atoms with Crippen molar-refractivity contribution >= 4 is 41.2 Å². The van der Waals surface area contributed by atoms with Crippen LogP contribution in [0.4, 0.5) is 5.69 Å². The molecule has 5 amide bonds. The van der Waals surface area contributed by atoms with Gasteiger partial charge in [0, 0.05) is 120 Å². The zero-order chi connectivity index (χ0) is 104. The van der Waals surface area contributed by atoms with Crippen LogP contribution in [0.15, 0.2) is 115 Å². The number of hydrogen-bond donors (Lipinski definition) is 11. The number of carboxylic acid groups (broad SMARTS) is 1. The van der Waals surface area contributed by atoms with Gasteiger partial charge < -0.3 is 100 Å². The summed E-state index contributed by atoms with van der Waals surface area (Å²) in [6.07, 6.45) is 2.33. The number of rotatable bonds is 38. The SMILES string of the molecule is C.C.C.COc1c(CN2O[C@@H](CO)[C@@H]([C@H](C)O)[C@H]2C(=O)N[C@H]2C[C@H]3C[C@@H]([C@@H]2C)C3(C)C)cccc1-c1cc2c(c(C(=O)NCCN(C)C)c1)OCO2.COc1c(CN2O[C@@H](CO)[C@@H]([C@H](C)O)[C@H]2C(=O)N[C@H]2C[C@H]3C[C@@H]([C@@H]2C)C3(C)C)cccc1-c1cccc(N(C)C)c1.COc1c(CN2O[C@@H](COCC(=O)O)[C@H]([C@H](C)O)[C@H]2C(=O)N[C@H]2C[C@H]3C[C@@H]([C@@H]2C)C3(C)C)cccc1-c1cccc(C(=O)N[C@H](CC(C)C)CN(C)C)c1. The van der Waals surface area contributed by atoms with E-state index in [1.807, 2.05) is 132 Å². The van der Waals surface area contributed by atoms with E-state index in [0.29, 0.717) is 129 Å². The Morgan fingerprint density at radius 1 is 0.490 bits per heavy atom. The van der Waals surface area contributed by atoms with Gasteiger partial charge in [0.15, 0.2) is 11.5 Å². The molecule has 6 bridgehead atoms. The average molecular weight is 2050 g/mol. The molecule has 12 fully saturated rings. The second-order valence-electron chi connectivity index (χ2n) is 45.3. The van der Waals surface area contributed by atoms with Gasteiger partial charge in [0.2, 0.25) is 24.5 Å². The summed E-state index contributed by atoms with van der Waals surface area (Å²) in [6.45, 7) is 31.1. The van der Waals surface area contributed by atoms with Crippen LogP contribution >= 0.6 is 0 Å². The predicted molar refractivity (Wildman–Crippen MR) is 570 cm³/mol. The van der Waals surface area contributed by atoms with E-state index in [0.717, 1.165) is 76.9 Å². The molecule has 9 aliphatic carbocycles. The van der Waals surface area contributed by atoms with Crippen LogP contribution in [0.3, 0.4) is 0 Å². The van der Waals surface area contributed by atoms with Gasteiger partial charge in [-0.1, -0.05) is 177 Å². The summed E-state index contributed by atoms with van der Waals surface area (Å²) >= 11 is 0. The number of carbonyl (C=O) groups is 6. The van der Waals surface area contributed by atoms with E-state index in [4.69, 9.17) is 42.9 Å². The van der Waals surface area contributed by atoms with Crippen molar-refractivity contribution in [3.63, 3.8) is 0 Å². The lowest BCUT2D eigenvalue weighted by Crippen LogP contribution is -2.62. The van der Waals surface area contributed by atoms with Gasteiger partial charge in [-0.15, -0.1) is 0 Å². The first kappa shape index (κ1) is 118. The summed E-state index contributed by atoms with van der Waals surface area (Å²) in [7, 11) is 16.7. The van der Waals surface area contributed by atoms with Crippen molar-refractivity contribution in [1.29, 1.82) is 0 Å². The molecule has 6 aromatic rings. The Bertz CT molecular complexity index is 5450. The number of nitrogens with one attached hydrogen (secondary N) is 5. The van der Waals surface area contributed by atoms with E-state index < -0.39 is 85.1 Å².